The van der Waals surface area contributed by atoms with Gasteiger partial charge in [0.05, 0.1) is 29.7 Å². The van der Waals surface area contributed by atoms with Gasteiger partial charge in [0.15, 0.2) is 5.82 Å². The second-order valence-electron chi connectivity index (χ2n) is 6.67. The summed E-state index contributed by atoms with van der Waals surface area (Å²) in [6.07, 6.45) is 3.49. The average molecular weight is 328 g/mol. The van der Waals surface area contributed by atoms with E-state index < -0.39 is 0 Å². The maximum atomic E-state index is 13.1. The van der Waals surface area contributed by atoms with Crippen LogP contribution in [0.25, 0.3) is 5.82 Å². The molecule has 0 aromatic carbocycles. The molecule has 0 bridgehead atoms. The van der Waals surface area contributed by atoms with Gasteiger partial charge in [0, 0.05) is 19.3 Å². The average Bonchev–Trinajstić information content (AvgIpc) is 2.99. The summed E-state index contributed by atoms with van der Waals surface area (Å²) in [7, 11) is 0. The molecule has 2 atom stereocenters. The molecule has 2 aromatic heterocycles. The monoisotopic (exact) mass is 328 g/mol. The number of hydrogen-bond acceptors (Lipinski definition) is 4. The number of amides is 1. The Balaban J connectivity index is 1.96. The SMILES string of the molecule is CC(C)c1c(C(=O)N2C[C@H](C)O[C@@H](C)C2)cnn1-c1ccccn1. The van der Waals surface area contributed by atoms with Crippen LogP contribution >= 0.6 is 0 Å². The molecule has 0 spiro atoms. The van der Waals surface area contributed by atoms with Crippen LogP contribution < -0.4 is 0 Å². The maximum Gasteiger partial charge on any atom is 0.257 e. The predicted molar refractivity (Wildman–Crippen MR) is 91.4 cm³/mol. The number of hydrogen-bond donors (Lipinski definition) is 0. The second kappa shape index (κ2) is 6.73. The molecule has 128 valence electrons. The largest absolute Gasteiger partial charge is 0.372 e. The summed E-state index contributed by atoms with van der Waals surface area (Å²) in [4.78, 5) is 19.3. The van der Waals surface area contributed by atoms with Gasteiger partial charge in [0.2, 0.25) is 0 Å². The van der Waals surface area contributed by atoms with E-state index in [1.807, 2.05) is 36.9 Å². The number of rotatable bonds is 3. The van der Waals surface area contributed by atoms with Gasteiger partial charge in [0.25, 0.3) is 5.91 Å². The molecule has 2 aromatic rings. The summed E-state index contributed by atoms with van der Waals surface area (Å²) < 4.78 is 7.50. The van der Waals surface area contributed by atoms with Gasteiger partial charge in [-0.2, -0.15) is 5.10 Å². The highest BCUT2D eigenvalue weighted by molar-refractivity contribution is 5.95. The quantitative estimate of drug-likeness (QED) is 0.869. The van der Waals surface area contributed by atoms with Crippen molar-refractivity contribution in [2.75, 3.05) is 13.1 Å². The first kappa shape index (κ1) is 16.6. The molecule has 1 amide bonds. The molecule has 0 radical (unpaired) electrons. The number of pyridine rings is 1. The highest BCUT2D eigenvalue weighted by Crippen LogP contribution is 2.24. The summed E-state index contributed by atoms with van der Waals surface area (Å²) in [6.45, 7) is 9.34. The Morgan fingerprint density at radius 2 is 1.96 bits per heavy atom. The van der Waals surface area contributed by atoms with Crippen LogP contribution in [0.3, 0.4) is 0 Å². The van der Waals surface area contributed by atoms with Crippen molar-refractivity contribution in [2.24, 2.45) is 0 Å². The van der Waals surface area contributed by atoms with Crippen LogP contribution in [-0.2, 0) is 4.74 Å². The molecule has 1 saturated heterocycles. The lowest BCUT2D eigenvalue weighted by Gasteiger charge is -2.35. The summed E-state index contributed by atoms with van der Waals surface area (Å²) in [5.41, 5.74) is 1.54. The van der Waals surface area contributed by atoms with Crippen LogP contribution in [-0.4, -0.2) is 50.9 Å². The van der Waals surface area contributed by atoms with E-state index in [4.69, 9.17) is 4.74 Å². The fourth-order valence-corrected chi connectivity index (χ4v) is 3.25. The molecular formula is C18H24N4O2. The maximum absolute atomic E-state index is 13.1. The minimum atomic E-state index is 0.0166. The van der Waals surface area contributed by atoms with Crippen molar-refractivity contribution in [3.63, 3.8) is 0 Å². The number of carbonyl (C=O) groups is 1. The smallest absolute Gasteiger partial charge is 0.257 e. The second-order valence-corrected chi connectivity index (χ2v) is 6.67. The lowest BCUT2D eigenvalue weighted by atomic mass is 10.0. The number of carbonyl (C=O) groups excluding carboxylic acids is 1. The third kappa shape index (κ3) is 3.19. The van der Waals surface area contributed by atoms with E-state index in [-0.39, 0.29) is 24.0 Å². The number of aromatic nitrogens is 3. The molecule has 1 aliphatic rings. The standard InChI is InChI=1S/C18H24N4O2/c1-12(2)17-15(9-20-22(17)16-7-5-6-8-19-16)18(23)21-10-13(3)24-14(4)11-21/h5-9,12-14H,10-11H2,1-4H3/t13-,14-/m0/s1. The number of nitrogens with zero attached hydrogens (tertiary/aromatic N) is 4. The zero-order valence-electron chi connectivity index (χ0n) is 14.6. The molecule has 3 rings (SSSR count). The molecule has 24 heavy (non-hydrogen) atoms. The van der Waals surface area contributed by atoms with Gasteiger partial charge >= 0.3 is 0 Å². The van der Waals surface area contributed by atoms with Gasteiger partial charge in [-0.15, -0.1) is 0 Å². The highest BCUT2D eigenvalue weighted by atomic mass is 16.5. The van der Waals surface area contributed by atoms with Crippen molar-refractivity contribution in [3.05, 3.63) is 41.9 Å². The lowest BCUT2D eigenvalue weighted by Crippen LogP contribution is -2.48. The molecule has 0 N–H and O–H groups in total. The van der Waals surface area contributed by atoms with Crippen LogP contribution in [0.4, 0.5) is 0 Å². The van der Waals surface area contributed by atoms with E-state index in [9.17, 15) is 4.79 Å². The van der Waals surface area contributed by atoms with Crippen LogP contribution in [0.2, 0.25) is 0 Å². The van der Waals surface area contributed by atoms with Gasteiger partial charge in [-0.25, -0.2) is 9.67 Å². The molecule has 0 aliphatic carbocycles. The first-order chi connectivity index (χ1) is 11.5. The van der Waals surface area contributed by atoms with Crippen LogP contribution in [0.5, 0.6) is 0 Å². The van der Waals surface area contributed by atoms with E-state index in [0.29, 0.717) is 18.7 Å². The predicted octanol–water partition coefficient (Wildman–Crippen LogP) is 2.64. The van der Waals surface area contributed by atoms with E-state index in [2.05, 4.69) is 23.9 Å². The Bertz CT molecular complexity index is 701. The Morgan fingerprint density at radius 3 is 2.54 bits per heavy atom. The molecule has 6 heteroatoms. The normalized spacial score (nSPS) is 21.3. The van der Waals surface area contributed by atoms with E-state index in [1.165, 1.54) is 0 Å². The fourth-order valence-electron chi connectivity index (χ4n) is 3.25. The summed E-state index contributed by atoms with van der Waals surface area (Å²) in [6, 6.07) is 5.68. The van der Waals surface area contributed by atoms with Crippen LogP contribution in [0, 0.1) is 0 Å². The highest BCUT2D eigenvalue weighted by Gasteiger charge is 2.30. The van der Waals surface area contributed by atoms with Crippen LogP contribution in [0.15, 0.2) is 30.6 Å². The van der Waals surface area contributed by atoms with Gasteiger partial charge in [-0.3, -0.25) is 4.79 Å². The molecule has 6 nitrogen and oxygen atoms in total. The number of ether oxygens (including phenoxy) is 1. The van der Waals surface area contributed by atoms with E-state index in [1.54, 1.807) is 17.1 Å². The van der Waals surface area contributed by atoms with Crippen molar-refractivity contribution >= 4 is 5.91 Å². The molecule has 0 saturated carbocycles. The van der Waals surface area contributed by atoms with E-state index in [0.717, 1.165) is 11.5 Å². The molecule has 1 fully saturated rings. The third-order valence-electron chi connectivity index (χ3n) is 4.16. The molecule has 0 unspecified atom stereocenters. The molecular weight excluding hydrogens is 304 g/mol. The topological polar surface area (TPSA) is 60.3 Å². The zero-order chi connectivity index (χ0) is 17.3. The van der Waals surface area contributed by atoms with Crippen molar-refractivity contribution in [1.82, 2.24) is 19.7 Å². The minimum Gasteiger partial charge on any atom is -0.372 e. The summed E-state index contributed by atoms with van der Waals surface area (Å²) >= 11 is 0. The number of morpholine rings is 1. The molecule has 1 aliphatic heterocycles. The fraction of sp³-hybridized carbons (Fsp3) is 0.500. The Morgan fingerprint density at radius 1 is 1.25 bits per heavy atom. The van der Waals surface area contributed by atoms with Crippen LogP contribution in [0.1, 0.15) is 49.7 Å². The zero-order valence-corrected chi connectivity index (χ0v) is 14.6. The first-order valence-electron chi connectivity index (χ1n) is 8.41. The third-order valence-corrected chi connectivity index (χ3v) is 4.16. The Labute approximate surface area is 142 Å². The van der Waals surface area contributed by atoms with Crippen molar-refractivity contribution in [2.45, 2.75) is 45.8 Å². The van der Waals surface area contributed by atoms with Gasteiger partial charge in [0.1, 0.15) is 0 Å². The summed E-state index contributed by atoms with van der Waals surface area (Å²) in [5.74, 6) is 0.899. The summed E-state index contributed by atoms with van der Waals surface area (Å²) in [5, 5.41) is 4.44. The first-order valence-corrected chi connectivity index (χ1v) is 8.41. The van der Waals surface area contributed by atoms with E-state index >= 15 is 0 Å². The Kier molecular flexibility index (Phi) is 4.66. The van der Waals surface area contributed by atoms with Gasteiger partial charge in [-0.1, -0.05) is 19.9 Å². The van der Waals surface area contributed by atoms with Crippen molar-refractivity contribution in [1.29, 1.82) is 0 Å². The van der Waals surface area contributed by atoms with Crippen molar-refractivity contribution < 1.29 is 9.53 Å². The Hall–Kier alpha value is -2.21. The van der Waals surface area contributed by atoms with Gasteiger partial charge in [-0.05, 0) is 31.9 Å². The lowest BCUT2D eigenvalue weighted by molar-refractivity contribution is -0.0586. The van der Waals surface area contributed by atoms with Gasteiger partial charge < -0.3 is 9.64 Å². The van der Waals surface area contributed by atoms with Crippen molar-refractivity contribution in [3.8, 4) is 5.82 Å². The minimum absolute atomic E-state index is 0.0166. The molecule has 3 heterocycles.